The van der Waals surface area contributed by atoms with Crippen molar-refractivity contribution in [1.82, 2.24) is 4.90 Å². The normalized spacial score (nSPS) is 21.9. The van der Waals surface area contributed by atoms with Gasteiger partial charge >= 0.3 is 0 Å². The molecule has 3 atom stereocenters. The van der Waals surface area contributed by atoms with Crippen LogP contribution in [-0.2, 0) is 11.2 Å². The van der Waals surface area contributed by atoms with Gasteiger partial charge in [0.1, 0.15) is 5.82 Å². The molecule has 0 radical (unpaired) electrons. The first kappa shape index (κ1) is 19.8. The molecule has 5 rings (SSSR count). The number of anilines is 1. The van der Waals surface area contributed by atoms with Crippen LogP contribution in [0.25, 0.3) is 11.1 Å². The van der Waals surface area contributed by atoms with Gasteiger partial charge in [-0.3, -0.25) is 4.79 Å². The highest BCUT2D eigenvalue weighted by molar-refractivity contribution is 5.81. The molecule has 0 bridgehead atoms. The molecule has 5 heteroatoms. The van der Waals surface area contributed by atoms with E-state index in [-0.39, 0.29) is 36.3 Å². The number of benzene rings is 3. The van der Waals surface area contributed by atoms with Gasteiger partial charge in [0.2, 0.25) is 5.91 Å². The van der Waals surface area contributed by atoms with Gasteiger partial charge in [0, 0.05) is 18.2 Å². The Hall–Kier alpha value is -3.18. The van der Waals surface area contributed by atoms with E-state index in [9.17, 15) is 14.3 Å². The van der Waals surface area contributed by atoms with Gasteiger partial charge in [-0.2, -0.15) is 0 Å². The van der Waals surface area contributed by atoms with Crippen LogP contribution in [0.3, 0.4) is 0 Å². The molecule has 3 aromatic carbocycles. The topological polar surface area (TPSA) is 52.6 Å². The lowest BCUT2D eigenvalue weighted by atomic mass is 9.82. The number of nitrogens with one attached hydrogen (secondary N) is 1. The minimum Gasteiger partial charge on any atom is -0.394 e. The third kappa shape index (κ3) is 3.70. The molecule has 4 nitrogen and oxygen atoms in total. The van der Waals surface area contributed by atoms with Crippen molar-refractivity contribution in [3.8, 4) is 11.1 Å². The average Bonchev–Trinajstić information content (AvgIpc) is 3.25. The fourth-order valence-corrected chi connectivity index (χ4v) is 5.04. The Labute approximate surface area is 181 Å². The lowest BCUT2D eigenvalue weighted by Gasteiger charge is -2.39. The van der Waals surface area contributed by atoms with Crippen LogP contribution in [0.1, 0.15) is 23.6 Å². The molecular weight excluding hydrogens is 391 g/mol. The van der Waals surface area contributed by atoms with E-state index in [0.717, 1.165) is 34.4 Å². The Morgan fingerprint density at radius 3 is 2.52 bits per heavy atom. The van der Waals surface area contributed by atoms with Gasteiger partial charge in [0.05, 0.1) is 25.1 Å². The van der Waals surface area contributed by atoms with E-state index >= 15 is 0 Å². The molecular formula is C26H25FN2O2. The summed E-state index contributed by atoms with van der Waals surface area (Å²) in [6, 6.07) is 22.2. The van der Waals surface area contributed by atoms with Gasteiger partial charge in [0.25, 0.3) is 0 Å². The quantitative estimate of drug-likeness (QED) is 0.662. The zero-order valence-electron chi connectivity index (χ0n) is 17.2. The Bertz CT molecular complexity index is 1080. The molecule has 1 fully saturated rings. The van der Waals surface area contributed by atoms with E-state index in [1.54, 1.807) is 12.1 Å². The maximum atomic E-state index is 13.4. The zero-order chi connectivity index (χ0) is 21.4. The molecule has 2 N–H and O–H groups in total. The van der Waals surface area contributed by atoms with Crippen molar-refractivity contribution in [2.75, 3.05) is 18.5 Å². The number of nitrogens with zero attached hydrogens (tertiary/aromatic N) is 1. The molecule has 2 heterocycles. The predicted octanol–water partition coefficient (Wildman–Crippen LogP) is 4.41. The maximum Gasteiger partial charge on any atom is 0.227 e. The summed E-state index contributed by atoms with van der Waals surface area (Å²) in [6.45, 7) is 0.709. The van der Waals surface area contributed by atoms with Crippen molar-refractivity contribution in [3.63, 3.8) is 0 Å². The van der Waals surface area contributed by atoms with Crippen molar-refractivity contribution in [2.45, 2.75) is 24.9 Å². The number of likely N-dealkylation sites (tertiary alicyclic amines) is 1. The smallest absolute Gasteiger partial charge is 0.227 e. The number of rotatable bonds is 4. The number of aliphatic hydroxyl groups excluding tert-OH is 1. The van der Waals surface area contributed by atoms with E-state index in [1.165, 1.54) is 12.1 Å². The van der Waals surface area contributed by atoms with Crippen LogP contribution in [0.2, 0.25) is 0 Å². The summed E-state index contributed by atoms with van der Waals surface area (Å²) in [6.07, 6.45) is 1.22. The monoisotopic (exact) mass is 416 g/mol. The molecule has 158 valence electrons. The van der Waals surface area contributed by atoms with Crippen molar-refractivity contribution < 1.29 is 14.3 Å². The molecule has 2 aliphatic heterocycles. The molecule has 0 aliphatic carbocycles. The van der Waals surface area contributed by atoms with Crippen molar-refractivity contribution in [2.24, 2.45) is 5.92 Å². The standard InChI is InChI=1S/C26H25FN2O2/c27-20-9-6-18(7-10-20)19-8-11-23-22(15-19)26-21(24(16-30)28-23)12-13-29(26)25(31)14-17-4-2-1-3-5-17/h1-11,15,21,24,26,28,30H,12-14,16H2/t21-,24-,26-/m1/s1. The summed E-state index contributed by atoms with van der Waals surface area (Å²) in [4.78, 5) is 15.2. The van der Waals surface area contributed by atoms with E-state index < -0.39 is 0 Å². The van der Waals surface area contributed by atoms with Gasteiger partial charge in [-0.15, -0.1) is 0 Å². The summed E-state index contributed by atoms with van der Waals surface area (Å²) >= 11 is 0. The Morgan fingerprint density at radius 1 is 1.03 bits per heavy atom. The summed E-state index contributed by atoms with van der Waals surface area (Å²) < 4.78 is 13.4. The number of hydrogen-bond acceptors (Lipinski definition) is 3. The average molecular weight is 416 g/mol. The first-order valence-corrected chi connectivity index (χ1v) is 10.7. The highest BCUT2D eigenvalue weighted by Gasteiger charge is 2.45. The Kier molecular flexibility index (Phi) is 5.20. The predicted molar refractivity (Wildman–Crippen MR) is 119 cm³/mol. The number of aliphatic hydroxyl groups is 1. The number of carbonyl (C=O) groups is 1. The summed E-state index contributed by atoms with van der Waals surface area (Å²) in [5.41, 5.74) is 4.94. The number of hydrogen-bond donors (Lipinski definition) is 2. The van der Waals surface area contributed by atoms with Crippen molar-refractivity contribution >= 4 is 11.6 Å². The molecule has 0 saturated carbocycles. The molecule has 2 aliphatic rings. The fourth-order valence-electron chi connectivity index (χ4n) is 5.04. The molecule has 0 unspecified atom stereocenters. The third-order valence-electron chi connectivity index (χ3n) is 6.57. The number of halogens is 1. The number of carbonyl (C=O) groups excluding carboxylic acids is 1. The minimum atomic E-state index is -0.261. The summed E-state index contributed by atoms with van der Waals surface area (Å²) in [7, 11) is 0. The second-order valence-electron chi connectivity index (χ2n) is 8.39. The van der Waals surface area contributed by atoms with E-state index in [0.29, 0.717) is 13.0 Å². The van der Waals surface area contributed by atoms with Gasteiger partial charge in [-0.05, 0) is 52.9 Å². The largest absolute Gasteiger partial charge is 0.394 e. The summed E-state index contributed by atoms with van der Waals surface area (Å²) in [5.74, 6) is -0.00109. The van der Waals surface area contributed by atoms with Crippen LogP contribution in [-0.4, -0.2) is 35.1 Å². The van der Waals surface area contributed by atoms with Gasteiger partial charge < -0.3 is 15.3 Å². The molecule has 1 saturated heterocycles. The second kappa shape index (κ2) is 8.16. The number of amides is 1. The van der Waals surface area contributed by atoms with Crippen LogP contribution >= 0.6 is 0 Å². The Balaban J connectivity index is 1.51. The SMILES string of the molecule is O=C(Cc1ccccc1)N1CC[C@@H]2[C@@H](CO)Nc3ccc(-c4ccc(F)cc4)cc3[C@@H]21. The zero-order valence-corrected chi connectivity index (χ0v) is 17.2. The lowest BCUT2D eigenvalue weighted by Crippen LogP contribution is -2.43. The fraction of sp³-hybridized carbons (Fsp3) is 0.269. The van der Waals surface area contributed by atoms with Crippen LogP contribution < -0.4 is 5.32 Å². The van der Waals surface area contributed by atoms with Crippen molar-refractivity contribution in [3.05, 3.63) is 89.7 Å². The minimum absolute atomic E-state index is 0.0288. The van der Waals surface area contributed by atoms with Crippen LogP contribution in [0, 0.1) is 11.7 Å². The van der Waals surface area contributed by atoms with Gasteiger partial charge in [-0.1, -0.05) is 48.5 Å². The molecule has 0 spiro atoms. The molecule has 3 aromatic rings. The van der Waals surface area contributed by atoms with Gasteiger partial charge in [0.15, 0.2) is 0 Å². The van der Waals surface area contributed by atoms with E-state index in [4.69, 9.17) is 0 Å². The number of fused-ring (bicyclic) bond motifs is 3. The highest BCUT2D eigenvalue weighted by atomic mass is 19.1. The van der Waals surface area contributed by atoms with Crippen LogP contribution in [0.5, 0.6) is 0 Å². The summed E-state index contributed by atoms with van der Waals surface area (Å²) in [5, 5.41) is 13.4. The first-order chi connectivity index (χ1) is 15.1. The Morgan fingerprint density at radius 2 is 1.77 bits per heavy atom. The van der Waals surface area contributed by atoms with E-state index in [2.05, 4.69) is 11.4 Å². The maximum absolute atomic E-state index is 13.4. The van der Waals surface area contributed by atoms with E-state index in [1.807, 2.05) is 47.4 Å². The third-order valence-corrected chi connectivity index (χ3v) is 6.57. The molecule has 31 heavy (non-hydrogen) atoms. The molecule has 1 amide bonds. The van der Waals surface area contributed by atoms with Crippen LogP contribution in [0.4, 0.5) is 10.1 Å². The van der Waals surface area contributed by atoms with Crippen molar-refractivity contribution in [1.29, 1.82) is 0 Å². The van der Waals surface area contributed by atoms with Crippen LogP contribution in [0.15, 0.2) is 72.8 Å². The first-order valence-electron chi connectivity index (χ1n) is 10.7. The highest BCUT2D eigenvalue weighted by Crippen LogP contribution is 2.47. The molecule has 0 aromatic heterocycles. The lowest BCUT2D eigenvalue weighted by molar-refractivity contribution is -0.131. The van der Waals surface area contributed by atoms with Gasteiger partial charge in [-0.25, -0.2) is 4.39 Å². The second-order valence-corrected chi connectivity index (χ2v) is 8.39.